The Morgan fingerprint density at radius 1 is 1.23 bits per heavy atom. The molecule has 1 fully saturated rings. The predicted octanol–water partition coefficient (Wildman–Crippen LogP) is 2.55. The average Bonchev–Trinajstić information content (AvgIpc) is 2.42. The third kappa shape index (κ3) is 3.36. The van der Waals surface area contributed by atoms with Crippen LogP contribution >= 0.6 is 0 Å². The fourth-order valence-corrected chi connectivity index (χ4v) is 2.10. The minimum absolute atomic E-state index is 0.517. The summed E-state index contributed by atoms with van der Waals surface area (Å²) in [6.45, 7) is 4.60. The molecule has 1 aliphatic rings. The molecule has 0 bridgehead atoms. The van der Waals surface area contributed by atoms with Gasteiger partial charge in [-0.3, -0.25) is 4.90 Å². The molecule has 0 aromatic carbocycles. The lowest BCUT2D eigenvalue weighted by molar-refractivity contribution is 0.200. The first kappa shape index (κ1) is 10.5. The highest BCUT2D eigenvalue weighted by Gasteiger charge is 2.17. The summed E-state index contributed by atoms with van der Waals surface area (Å²) in [7, 11) is 0. The van der Waals surface area contributed by atoms with Gasteiger partial charge in [0.2, 0.25) is 0 Å². The molecule has 0 aromatic rings. The minimum Gasteiger partial charge on any atom is -0.299 e. The smallest absolute Gasteiger partial charge is 0.0638 e. The summed E-state index contributed by atoms with van der Waals surface area (Å²) < 4.78 is 0. The summed E-state index contributed by atoms with van der Waals surface area (Å²) in [6, 6.07) is 2.81. The van der Waals surface area contributed by atoms with E-state index in [0.717, 1.165) is 6.42 Å². The highest BCUT2D eigenvalue weighted by Crippen LogP contribution is 2.15. The van der Waals surface area contributed by atoms with Gasteiger partial charge in [-0.15, -0.1) is 0 Å². The molecule has 0 aliphatic carbocycles. The summed E-state index contributed by atoms with van der Waals surface area (Å²) in [5.74, 6) is 0. The van der Waals surface area contributed by atoms with Crippen molar-refractivity contribution in [1.82, 2.24) is 4.90 Å². The zero-order valence-corrected chi connectivity index (χ0v) is 8.63. The van der Waals surface area contributed by atoms with E-state index in [0.29, 0.717) is 12.5 Å². The fourth-order valence-electron chi connectivity index (χ4n) is 2.10. The first-order chi connectivity index (χ1) is 6.38. The van der Waals surface area contributed by atoms with Gasteiger partial charge in [-0.05, 0) is 32.4 Å². The average molecular weight is 180 g/mol. The van der Waals surface area contributed by atoms with Crippen molar-refractivity contribution >= 4 is 0 Å². The van der Waals surface area contributed by atoms with E-state index in [9.17, 15) is 0 Å². The molecule has 2 heteroatoms. The molecule has 13 heavy (non-hydrogen) atoms. The van der Waals surface area contributed by atoms with Crippen LogP contribution in [-0.4, -0.2) is 24.0 Å². The Hall–Kier alpha value is -0.550. The molecule has 1 aliphatic heterocycles. The Bertz CT molecular complexity index is 163. The molecule has 0 aromatic heterocycles. The molecule has 74 valence electrons. The van der Waals surface area contributed by atoms with Gasteiger partial charge in [0, 0.05) is 6.04 Å². The molecule has 0 saturated carbocycles. The molecule has 0 amide bonds. The molecule has 0 N–H and O–H groups in total. The van der Waals surface area contributed by atoms with Crippen LogP contribution in [0.3, 0.4) is 0 Å². The molecule has 0 spiro atoms. The summed E-state index contributed by atoms with van der Waals surface area (Å²) in [4.78, 5) is 2.51. The first-order valence-corrected chi connectivity index (χ1v) is 5.49. The lowest BCUT2D eigenvalue weighted by Crippen LogP contribution is -2.35. The second-order valence-electron chi connectivity index (χ2n) is 3.87. The third-order valence-electron chi connectivity index (χ3n) is 2.96. The second-order valence-corrected chi connectivity index (χ2v) is 3.87. The van der Waals surface area contributed by atoms with Gasteiger partial charge in [0.15, 0.2) is 0 Å². The van der Waals surface area contributed by atoms with Crippen molar-refractivity contribution in [2.75, 3.05) is 13.1 Å². The van der Waals surface area contributed by atoms with Crippen molar-refractivity contribution in [2.24, 2.45) is 0 Å². The van der Waals surface area contributed by atoms with Gasteiger partial charge in [0.1, 0.15) is 0 Å². The first-order valence-electron chi connectivity index (χ1n) is 5.49. The van der Waals surface area contributed by atoms with Crippen molar-refractivity contribution in [3.05, 3.63) is 0 Å². The summed E-state index contributed by atoms with van der Waals surface area (Å²) >= 11 is 0. The van der Waals surface area contributed by atoms with Crippen LogP contribution in [0.1, 0.15) is 45.4 Å². The highest BCUT2D eigenvalue weighted by molar-refractivity contribution is 4.82. The van der Waals surface area contributed by atoms with E-state index in [-0.39, 0.29) is 0 Å². The van der Waals surface area contributed by atoms with Crippen LogP contribution in [-0.2, 0) is 0 Å². The zero-order valence-electron chi connectivity index (χ0n) is 8.63. The minimum atomic E-state index is 0.517. The van der Waals surface area contributed by atoms with Crippen molar-refractivity contribution in [3.8, 4) is 6.07 Å². The zero-order chi connectivity index (χ0) is 9.52. The molecule has 2 nitrogen and oxygen atoms in total. The maximum Gasteiger partial charge on any atom is 0.0638 e. The van der Waals surface area contributed by atoms with Gasteiger partial charge >= 0.3 is 0 Å². The van der Waals surface area contributed by atoms with E-state index in [4.69, 9.17) is 5.26 Å². The molecule has 0 radical (unpaired) electrons. The largest absolute Gasteiger partial charge is 0.299 e. The number of likely N-dealkylation sites (tertiary alicyclic amines) is 1. The van der Waals surface area contributed by atoms with E-state index in [2.05, 4.69) is 17.9 Å². The van der Waals surface area contributed by atoms with Crippen molar-refractivity contribution in [1.29, 1.82) is 5.26 Å². The van der Waals surface area contributed by atoms with Crippen LogP contribution in [0.2, 0.25) is 0 Å². The standard InChI is InChI=1S/C11H20N2/c1-2-11(7-8-12)13-9-5-3-4-6-10-13/h11H,2-7,9-10H2,1H3. The van der Waals surface area contributed by atoms with Crippen LogP contribution in [0.4, 0.5) is 0 Å². The Morgan fingerprint density at radius 3 is 2.31 bits per heavy atom. The van der Waals surface area contributed by atoms with Crippen LogP contribution in [0.25, 0.3) is 0 Å². The number of nitrogens with zero attached hydrogens (tertiary/aromatic N) is 2. The molecule has 1 rings (SSSR count). The van der Waals surface area contributed by atoms with E-state index in [1.165, 1.54) is 38.8 Å². The van der Waals surface area contributed by atoms with E-state index >= 15 is 0 Å². The van der Waals surface area contributed by atoms with Gasteiger partial charge in [-0.1, -0.05) is 19.8 Å². The topological polar surface area (TPSA) is 27.0 Å². The number of hydrogen-bond acceptors (Lipinski definition) is 2. The Balaban J connectivity index is 2.41. The van der Waals surface area contributed by atoms with Crippen molar-refractivity contribution in [2.45, 2.75) is 51.5 Å². The molecular formula is C11H20N2. The van der Waals surface area contributed by atoms with E-state index in [1.807, 2.05) is 0 Å². The van der Waals surface area contributed by atoms with Gasteiger partial charge < -0.3 is 0 Å². The summed E-state index contributed by atoms with van der Waals surface area (Å²) in [5, 5.41) is 8.69. The number of rotatable bonds is 3. The fraction of sp³-hybridized carbons (Fsp3) is 0.909. The van der Waals surface area contributed by atoms with Crippen LogP contribution in [0, 0.1) is 11.3 Å². The molecule has 1 atom stereocenters. The highest BCUT2D eigenvalue weighted by atomic mass is 15.1. The number of hydrogen-bond donors (Lipinski definition) is 0. The van der Waals surface area contributed by atoms with Crippen molar-refractivity contribution < 1.29 is 0 Å². The summed E-state index contributed by atoms with van der Waals surface area (Å²) in [6.07, 6.45) is 7.22. The maximum atomic E-state index is 8.69. The maximum absolute atomic E-state index is 8.69. The van der Waals surface area contributed by atoms with Crippen molar-refractivity contribution in [3.63, 3.8) is 0 Å². The predicted molar refractivity (Wildman–Crippen MR) is 54.4 cm³/mol. The van der Waals surface area contributed by atoms with Crippen LogP contribution in [0.15, 0.2) is 0 Å². The van der Waals surface area contributed by atoms with Gasteiger partial charge in [-0.2, -0.15) is 5.26 Å². The lowest BCUT2D eigenvalue weighted by atomic mass is 10.1. The van der Waals surface area contributed by atoms with E-state index < -0.39 is 0 Å². The van der Waals surface area contributed by atoms with Crippen LogP contribution < -0.4 is 0 Å². The Morgan fingerprint density at radius 2 is 1.85 bits per heavy atom. The third-order valence-corrected chi connectivity index (χ3v) is 2.96. The monoisotopic (exact) mass is 180 g/mol. The lowest BCUT2D eigenvalue weighted by Gasteiger charge is -2.27. The SMILES string of the molecule is CCC(CC#N)N1CCCCCC1. The van der Waals surface area contributed by atoms with Crippen LogP contribution in [0.5, 0.6) is 0 Å². The van der Waals surface area contributed by atoms with Gasteiger partial charge in [0.05, 0.1) is 12.5 Å². The molecule has 1 unspecified atom stereocenters. The Kier molecular flexibility index (Phi) is 4.85. The quantitative estimate of drug-likeness (QED) is 0.667. The molecular weight excluding hydrogens is 160 g/mol. The second kappa shape index (κ2) is 5.99. The van der Waals surface area contributed by atoms with E-state index in [1.54, 1.807) is 0 Å². The molecule has 1 heterocycles. The normalized spacial score (nSPS) is 21.8. The summed E-state index contributed by atoms with van der Waals surface area (Å²) in [5.41, 5.74) is 0. The molecule has 1 saturated heterocycles. The van der Waals surface area contributed by atoms with Gasteiger partial charge in [0.25, 0.3) is 0 Å². The Labute approximate surface area is 81.5 Å². The number of nitriles is 1. The van der Waals surface area contributed by atoms with Gasteiger partial charge in [-0.25, -0.2) is 0 Å².